The highest BCUT2D eigenvalue weighted by Gasteiger charge is 2.03. The van der Waals surface area contributed by atoms with Crippen LogP contribution >= 0.6 is 23.5 Å². The van der Waals surface area contributed by atoms with Gasteiger partial charge in [-0.15, -0.1) is 11.8 Å². The second-order valence-electron chi connectivity index (χ2n) is 6.14. The number of anilines is 1. The van der Waals surface area contributed by atoms with Gasteiger partial charge in [0.25, 0.3) is 0 Å². The van der Waals surface area contributed by atoms with Gasteiger partial charge in [0, 0.05) is 34.3 Å². The summed E-state index contributed by atoms with van der Waals surface area (Å²) in [6, 6.07) is 28.8. The van der Waals surface area contributed by atoms with Gasteiger partial charge in [-0.2, -0.15) is 11.8 Å². The fraction of sp³-hybridized carbons (Fsp3) is 0.174. The molecule has 3 aromatic carbocycles. The Labute approximate surface area is 169 Å². The third kappa shape index (κ3) is 7.16. The minimum atomic E-state index is 0.0713. The predicted molar refractivity (Wildman–Crippen MR) is 118 cm³/mol. The molecule has 0 aliphatic heterocycles. The van der Waals surface area contributed by atoms with Crippen molar-refractivity contribution in [1.29, 1.82) is 0 Å². The second-order valence-corrected chi connectivity index (χ2v) is 8.29. The van der Waals surface area contributed by atoms with Crippen molar-refractivity contribution in [2.45, 2.75) is 22.8 Å². The Kier molecular flexibility index (Phi) is 7.87. The Morgan fingerprint density at radius 2 is 1.37 bits per heavy atom. The summed E-state index contributed by atoms with van der Waals surface area (Å²) in [5.74, 6) is 2.77. The first-order valence-electron chi connectivity index (χ1n) is 8.98. The fourth-order valence-electron chi connectivity index (χ4n) is 2.52. The van der Waals surface area contributed by atoms with Crippen LogP contribution in [-0.4, -0.2) is 11.7 Å². The van der Waals surface area contributed by atoms with Crippen LogP contribution in [0.15, 0.2) is 89.8 Å². The van der Waals surface area contributed by atoms with E-state index < -0.39 is 0 Å². The molecule has 3 aromatic rings. The van der Waals surface area contributed by atoms with Crippen LogP contribution in [0, 0.1) is 0 Å². The quantitative estimate of drug-likeness (QED) is 0.344. The molecule has 0 aliphatic carbocycles. The maximum Gasteiger partial charge on any atom is 0.225 e. The smallest absolute Gasteiger partial charge is 0.225 e. The first-order valence-corrected chi connectivity index (χ1v) is 11.1. The molecule has 0 bridgehead atoms. The van der Waals surface area contributed by atoms with Crippen LogP contribution in [0.4, 0.5) is 5.69 Å². The van der Waals surface area contributed by atoms with Crippen LogP contribution in [0.3, 0.4) is 0 Å². The third-order valence-electron chi connectivity index (χ3n) is 3.97. The first-order chi connectivity index (χ1) is 13.3. The second kappa shape index (κ2) is 10.9. The molecule has 0 saturated carbocycles. The van der Waals surface area contributed by atoms with E-state index in [9.17, 15) is 4.79 Å². The molecular weight excluding hydrogens is 370 g/mol. The van der Waals surface area contributed by atoms with Gasteiger partial charge in [-0.25, -0.2) is 0 Å². The van der Waals surface area contributed by atoms with Gasteiger partial charge in [0.15, 0.2) is 0 Å². The van der Waals surface area contributed by atoms with E-state index in [1.807, 2.05) is 48.2 Å². The topological polar surface area (TPSA) is 29.1 Å². The Morgan fingerprint density at radius 1 is 0.741 bits per heavy atom. The molecule has 0 spiro atoms. The van der Waals surface area contributed by atoms with Gasteiger partial charge in [-0.3, -0.25) is 4.79 Å². The van der Waals surface area contributed by atoms with Crippen molar-refractivity contribution in [3.8, 4) is 0 Å². The number of amides is 1. The lowest BCUT2D eigenvalue weighted by molar-refractivity contribution is -0.115. The summed E-state index contributed by atoms with van der Waals surface area (Å²) >= 11 is 3.60. The molecule has 27 heavy (non-hydrogen) atoms. The van der Waals surface area contributed by atoms with Crippen LogP contribution in [0.1, 0.15) is 17.5 Å². The van der Waals surface area contributed by atoms with Gasteiger partial charge >= 0.3 is 0 Å². The zero-order chi connectivity index (χ0) is 18.7. The summed E-state index contributed by atoms with van der Waals surface area (Å²) in [7, 11) is 0. The summed E-state index contributed by atoms with van der Waals surface area (Å²) in [4.78, 5) is 13.4. The summed E-state index contributed by atoms with van der Waals surface area (Å²) < 4.78 is 0. The predicted octanol–water partition coefficient (Wildman–Crippen LogP) is 6.24. The molecular formula is C23H23NOS2. The van der Waals surface area contributed by atoms with E-state index in [0.717, 1.165) is 22.9 Å². The monoisotopic (exact) mass is 393 g/mol. The highest BCUT2D eigenvalue weighted by atomic mass is 32.2. The van der Waals surface area contributed by atoms with Crippen molar-refractivity contribution in [3.05, 3.63) is 96.1 Å². The Morgan fingerprint density at radius 3 is 2.07 bits per heavy atom. The zero-order valence-corrected chi connectivity index (χ0v) is 16.8. The molecule has 0 radical (unpaired) electrons. The number of thioether (sulfide) groups is 2. The number of carbonyl (C=O) groups is 1. The largest absolute Gasteiger partial charge is 0.326 e. The number of rotatable bonds is 9. The molecule has 1 amide bonds. The molecule has 0 atom stereocenters. The minimum absolute atomic E-state index is 0.0713. The van der Waals surface area contributed by atoms with E-state index in [1.165, 1.54) is 16.0 Å². The highest BCUT2D eigenvalue weighted by molar-refractivity contribution is 7.98. The molecule has 1 N–H and O–H groups in total. The number of benzene rings is 3. The van der Waals surface area contributed by atoms with Crippen LogP contribution < -0.4 is 5.32 Å². The molecule has 0 heterocycles. The van der Waals surface area contributed by atoms with E-state index in [1.54, 1.807) is 11.8 Å². The van der Waals surface area contributed by atoms with Gasteiger partial charge < -0.3 is 5.32 Å². The summed E-state index contributed by atoms with van der Waals surface area (Å²) in [6.07, 6.45) is 0.531. The Balaban J connectivity index is 1.36. The number of hydrogen-bond donors (Lipinski definition) is 1. The summed E-state index contributed by atoms with van der Waals surface area (Å²) in [6.45, 7) is 0. The molecule has 0 unspecified atom stereocenters. The summed E-state index contributed by atoms with van der Waals surface area (Å²) in [5, 5.41) is 2.98. The number of nitrogens with one attached hydrogen (secondary N) is 1. The van der Waals surface area contributed by atoms with Crippen molar-refractivity contribution in [1.82, 2.24) is 0 Å². The van der Waals surface area contributed by atoms with E-state index in [2.05, 4.69) is 53.8 Å². The van der Waals surface area contributed by atoms with Gasteiger partial charge in [0.1, 0.15) is 0 Å². The lowest BCUT2D eigenvalue weighted by Crippen LogP contribution is -2.12. The van der Waals surface area contributed by atoms with Crippen LogP contribution in [-0.2, 0) is 16.3 Å². The maximum absolute atomic E-state index is 12.1. The molecule has 0 saturated heterocycles. The third-order valence-corrected chi connectivity index (χ3v) is 6.08. The van der Waals surface area contributed by atoms with Crippen molar-refractivity contribution in [3.63, 3.8) is 0 Å². The maximum atomic E-state index is 12.1. The average Bonchev–Trinajstić information content (AvgIpc) is 2.72. The molecule has 138 valence electrons. The lowest BCUT2D eigenvalue weighted by Gasteiger charge is -2.07. The van der Waals surface area contributed by atoms with Gasteiger partial charge in [-0.1, -0.05) is 60.7 Å². The molecule has 4 heteroatoms. The standard InChI is InChI=1S/C23H23NOS2/c25-23(15-16-26-17-19-7-3-1-4-8-19)24-21-13-11-20(12-14-21)18-27-22-9-5-2-6-10-22/h1-14H,15-18H2,(H,24,25). The fourth-order valence-corrected chi connectivity index (χ4v) is 4.30. The molecule has 0 fully saturated rings. The van der Waals surface area contributed by atoms with Crippen molar-refractivity contribution in [2.24, 2.45) is 0 Å². The normalized spacial score (nSPS) is 10.5. The summed E-state index contributed by atoms with van der Waals surface area (Å²) in [5.41, 5.74) is 3.41. The van der Waals surface area contributed by atoms with E-state index >= 15 is 0 Å². The highest BCUT2D eigenvalue weighted by Crippen LogP contribution is 2.23. The SMILES string of the molecule is O=C(CCSCc1ccccc1)Nc1ccc(CSc2ccccc2)cc1. The molecule has 0 aliphatic rings. The van der Waals surface area contributed by atoms with Crippen LogP contribution in [0.2, 0.25) is 0 Å². The van der Waals surface area contributed by atoms with Gasteiger partial charge in [0.05, 0.1) is 0 Å². The van der Waals surface area contributed by atoms with Crippen molar-refractivity contribution < 1.29 is 4.79 Å². The van der Waals surface area contributed by atoms with Crippen LogP contribution in [0.25, 0.3) is 0 Å². The van der Waals surface area contributed by atoms with Gasteiger partial charge in [0.2, 0.25) is 5.91 Å². The van der Waals surface area contributed by atoms with Gasteiger partial charge in [-0.05, 0) is 35.4 Å². The first kappa shape index (κ1) is 19.6. The van der Waals surface area contributed by atoms with E-state index in [4.69, 9.17) is 0 Å². The minimum Gasteiger partial charge on any atom is -0.326 e. The van der Waals surface area contributed by atoms with Crippen molar-refractivity contribution >= 4 is 35.1 Å². The molecule has 2 nitrogen and oxygen atoms in total. The van der Waals surface area contributed by atoms with Crippen molar-refractivity contribution in [2.75, 3.05) is 11.1 Å². The van der Waals surface area contributed by atoms with E-state index in [0.29, 0.717) is 6.42 Å². The van der Waals surface area contributed by atoms with Crippen LogP contribution in [0.5, 0.6) is 0 Å². The average molecular weight is 394 g/mol. The Bertz CT molecular complexity index is 820. The molecule has 3 rings (SSSR count). The number of carbonyl (C=O) groups excluding carboxylic acids is 1. The Hall–Kier alpha value is -2.17. The number of hydrogen-bond acceptors (Lipinski definition) is 3. The lowest BCUT2D eigenvalue weighted by atomic mass is 10.2. The molecule has 0 aromatic heterocycles. The zero-order valence-electron chi connectivity index (χ0n) is 15.1. The van der Waals surface area contributed by atoms with E-state index in [-0.39, 0.29) is 5.91 Å².